The summed E-state index contributed by atoms with van der Waals surface area (Å²) in [6, 6.07) is 1.57. The van der Waals surface area contributed by atoms with Crippen LogP contribution >= 0.6 is 15.9 Å². The second-order valence-electron chi connectivity index (χ2n) is 4.72. The van der Waals surface area contributed by atoms with Crippen LogP contribution in [-0.4, -0.2) is 20.5 Å². The molecule has 0 saturated heterocycles. The van der Waals surface area contributed by atoms with Gasteiger partial charge in [0, 0.05) is 22.7 Å². The highest BCUT2D eigenvalue weighted by molar-refractivity contribution is 9.10. The van der Waals surface area contributed by atoms with Gasteiger partial charge in [0.1, 0.15) is 5.69 Å². The SMILES string of the molecule is O=C1CCCc2c(C(F)(F)F)nn(-c3cncc(Br)c3)c21. The topological polar surface area (TPSA) is 47.8 Å². The van der Waals surface area contributed by atoms with Crippen molar-refractivity contribution in [3.63, 3.8) is 0 Å². The van der Waals surface area contributed by atoms with Gasteiger partial charge < -0.3 is 0 Å². The summed E-state index contributed by atoms with van der Waals surface area (Å²) in [7, 11) is 0. The van der Waals surface area contributed by atoms with Crippen LogP contribution in [0.25, 0.3) is 5.69 Å². The lowest BCUT2D eigenvalue weighted by Crippen LogP contribution is -2.16. The number of pyridine rings is 1. The molecule has 8 heteroatoms. The maximum absolute atomic E-state index is 13.1. The van der Waals surface area contributed by atoms with E-state index in [9.17, 15) is 18.0 Å². The number of ketones is 1. The molecule has 4 nitrogen and oxygen atoms in total. The monoisotopic (exact) mass is 359 g/mol. The van der Waals surface area contributed by atoms with E-state index in [1.807, 2.05) is 0 Å². The van der Waals surface area contributed by atoms with Crippen molar-refractivity contribution in [1.82, 2.24) is 14.8 Å². The molecule has 1 aliphatic rings. The number of carbonyl (C=O) groups is 1. The molecule has 0 radical (unpaired) electrons. The fraction of sp³-hybridized carbons (Fsp3) is 0.308. The molecule has 0 unspecified atom stereocenters. The summed E-state index contributed by atoms with van der Waals surface area (Å²) in [4.78, 5) is 16.0. The predicted octanol–water partition coefficient (Wildman–Crippen LogP) is 3.57. The lowest BCUT2D eigenvalue weighted by molar-refractivity contribution is -0.142. The first-order chi connectivity index (χ1) is 9.88. The molecular weight excluding hydrogens is 351 g/mol. The van der Waals surface area contributed by atoms with Crippen LogP contribution in [0.4, 0.5) is 13.2 Å². The Bertz CT molecular complexity index is 724. The zero-order chi connectivity index (χ0) is 15.2. The van der Waals surface area contributed by atoms with Gasteiger partial charge in [-0.15, -0.1) is 0 Å². The number of rotatable bonds is 1. The van der Waals surface area contributed by atoms with E-state index in [1.54, 1.807) is 6.07 Å². The average Bonchev–Trinajstić information content (AvgIpc) is 2.79. The number of fused-ring (bicyclic) bond motifs is 1. The van der Waals surface area contributed by atoms with Gasteiger partial charge in [-0.1, -0.05) is 0 Å². The van der Waals surface area contributed by atoms with Crippen LogP contribution in [-0.2, 0) is 12.6 Å². The molecule has 0 aromatic carbocycles. The van der Waals surface area contributed by atoms with Crippen LogP contribution in [0, 0.1) is 0 Å². The summed E-state index contributed by atoms with van der Waals surface area (Å²) in [5.41, 5.74) is -0.649. The molecule has 0 saturated carbocycles. The highest BCUT2D eigenvalue weighted by atomic mass is 79.9. The van der Waals surface area contributed by atoms with Crippen LogP contribution in [0.15, 0.2) is 22.9 Å². The molecule has 0 N–H and O–H groups in total. The third-order valence-corrected chi connectivity index (χ3v) is 3.72. The van der Waals surface area contributed by atoms with Crippen molar-refractivity contribution in [2.45, 2.75) is 25.4 Å². The fourth-order valence-electron chi connectivity index (χ4n) is 2.45. The lowest BCUT2D eigenvalue weighted by atomic mass is 9.94. The molecular formula is C13H9BrF3N3O. The van der Waals surface area contributed by atoms with Crippen LogP contribution in [0.2, 0.25) is 0 Å². The summed E-state index contributed by atoms with van der Waals surface area (Å²) in [5.74, 6) is -0.320. The van der Waals surface area contributed by atoms with Gasteiger partial charge >= 0.3 is 6.18 Å². The summed E-state index contributed by atoms with van der Waals surface area (Å²) in [6.07, 6.45) is -0.843. The third kappa shape index (κ3) is 2.48. The maximum Gasteiger partial charge on any atom is 0.435 e. The van der Waals surface area contributed by atoms with Crippen molar-refractivity contribution in [1.29, 1.82) is 0 Å². The number of hydrogen-bond acceptors (Lipinski definition) is 3. The normalized spacial score (nSPS) is 15.1. The molecule has 3 rings (SSSR count). The summed E-state index contributed by atoms with van der Waals surface area (Å²) >= 11 is 3.21. The van der Waals surface area contributed by atoms with Gasteiger partial charge in [0.25, 0.3) is 0 Å². The highest BCUT2D eigenvalue weighted by Crippen LogP contribution is 2.36. The largest absolute Gasteiger partial charge is 0.435 e. The Labute approximate surface area is 126 Å². The molecule has 0 fully saturated rings. The molecule has 21 heavy (non-hydrogen) atoms. The zero-order valence-electron chi connectivity index (χ0n) is 10.6. The predicted molar refractivity (Wildman–Crippen MR) is 71.3 cm³/mol. The first kappa shape index (κ1) is 14.2. The number of aromatic nitrogens is 3. The minimum absolute atomic E-state index is 0.0151. The molecule has 0 atom stereocenters. The summed E-state index contributed by atoms with van der Waals surface area (Å²) in [5, 5.41) is 3.63. The second kappa shape index (κ2) is 4.94. The van der Waals surface area contributed by atoms with Crippen molar-refractivity contribution in [3.8, 4) is 5.69 Å². The van der Waals surface area contributed by atoms with E-state index < -0.39 is 11.9 Å². The van der Waals surface area contributed by atoms with Crippen molar-refractivity contribution in [2.75, 3.05) is 0 Å². The number of carbonyl (C=O) groups excluding carboxylic acids is 1. The standard InChI is InChI=1S/C13H9BrF3N3O/c14-7-4-8(6-18-5-7)20-11-9(2-1-3-10(11)21)12(19-20)13(15,16)17/h4-6H,1-3H2. The average molecular weight is 360 g/mol. The van der Waals surface area contributed by atoms with Crippen LogP contribution in [0.5, 0.6) is 0 Å². The van der Waals surface area contributed by atoms with Gasteiger partial charge in [0.2, 0.25) is 0 Å². The van der Waals surface area contributed by atoms with Crippen molar-refractivity contribution >= 4 is 21.7 Å². The minimum Gasteiger partial charge on any atom is -0.292 e. The lowest BCUT2D eigenvalue weighted by Gasteiger charge is -2.13. The van der Waals surface area contributed by atoms with Gasteiger partial charge in [0.15, 0.2) is 11.5 Å². The third-order valence-electron chi connectivity index (χ3n) is 3.28. The summed E-state index contributed by atoms with van der Waals surface area (Å²) < 4.78 is 40.9. The fourth-order valence-corrected chi connectivity index (χ4v) is 2.80. The van der Waals surface area contributed by atoms with Crippen molar-refractivity contribution < 1.29 is 18.0 Å². The minimum atomic E-state index is -4.58. The molecule has 110 valence electrons. The quantitative estimate of drug-likeness (QED) is 0.781. The smallest absolute Gasteiger partial charge is 0.292 e. The molecule has 2 heterocycles. The Morgan fingerprint density at radius 1 is 1.24 bits per heavy atom. The van der Waals surface area contributed by atoms with Crippen LogP contribution < -0.4 is 0 Å². The molecule has 1 aliphatic carbocycles. The van der Waals surface area contributed by atoms with Gasteiger partial charge in [0.05, 0.1) is 11.9 Å². The van der Waals surface area contributed by atoms with Crippen molar-refractivity contribution in [2.24, 2.45) is 0 Å². The number of hydrogen-bond donors (Lipinski definition) is 0. The molecule has 0 amide bonds. The van der Waals surface area contributed by atoms with E-state index in [4.69, 9.17) is 0 Å². The number of halogens is 4. The Balaban J connectivity index is 2.26. The Morgan fingerprint density at radius 2 is 2.00 bits per heavy atom. The Kier molecular flexibility index (Phi) is 3.35. The molecule has 2 aromatic heterocycles. The van der Waals surface area contributed by atoms with Crippen molar-refractivity contribution in [3.05, 3.63) is 39.9 Å². The number of nitrogens with zero attached hydrogens (tertiary/aromatic N) is 3. The number of Topliss-reactive ketones (excluding diaryl/α,β-unsaturated/α-hetero) is 1. The van der Waals surface area contributed by atoms with E-state index in [0.717, 1.165) is 4.68 Å². The zero-order valence-corrected chi connectivity index (χ0v) is 12.2. The van der Waals surface area contributed by atoms with Crippen LogP contribution in [0.3, 0.4) is 0 Å². The Morgan fingerprint density at radius 3 is 2.67 bits per heavy atom. The second-order valence-corrected chi connectivity index (χ2v) is 5.64. The van der Waals surface area contributed by atoms with Gasteiger partial charge in [-0.3, -0.25) is 9.78 Å². The van der Waals surface area contributed by atoms with E-state index in [0.29, 0.717) is 16.6 Å². The van der Waals surface area contributed by atoms with Gasteiger partial charge in [-0.25, -0.2) is 4.68 Å². The number of alkyl halides is 3. The van der Waals surface area contributed by atoms with E-state index in [1.165, 1.54) is 12.4 Å². The molecule has 0 spiro atoms. The maximum atomic E-state index is 13.1. The van der Waals surface area contributed by atoms with Gasteiger partial charge in [-0.2, -0.15) is 18.3 Å². The van der Waals surface area contributed by atoms with E-state index in [2.05, 4.69) is 26.0 Å². The van der Waals surface area contributed by atoms with E-state index >= 15 is 0 Å². The van der Waals surface area contributed by atoms with E-state index in [-0.39, 0.29) is 29.9 Å². The molecule has 0 bridgehead atoms. The first-order valence-corrected chi connectivity index (χ1v) is 7.00. The molecule has 2 aromatic rings. The summed E-state index contributed by atoms with van der Waals surface area (Å²) in [6.45, 7) is 0. The van der Waals surface area contributed by atoms with Crippen LogP contribution in [0.1, 0.15) is 34.6 Å². The van der Waals surface area contributed by atoms with Gasteiger partial charge in [-0.05, 0) is 34.8 Å². The first-order valence-electron chi connectivity index (χ1n) is 6.21. The highest BCUT2D eigenvalue weighted by Gasteiger charge is 2.41. The molecule has 0 aliphatic heterocycles. The Hall–Kier alpha value is -1.70.